The first-order valence-electron chi connectivity index (χ1n) is 6.93. The first kappa shape index (κ1) is 17.1. The zero-order valence-corrected chi connectivity index (χ0v) is 13.0. The SMILES string of the molecule is CCCCN[Si](NCCCC)(OC)OCCC. The molecule has 104 valence electrons. The smallest absolute Gasteiger partial charge is 0.374 e. The van der Waals surface area contributed by atoms with Crippen LogP contribution in [-0.4, -0.2) is 35.7 Å². The molecule has 0 fully saturated rings. The number of hydrogen-bond acceptors (Lipinski definition) is 4. The van der Waals surface area contributed by atoms with Gasteiger partial charge in [0.1, 0.15) is 0 Å². The van der Waals surface area contributed by atoms with Gasteiger partial charge in [-0.1, -0.05) is 33.6 Å². The van der Waals surface area contributed by atoms with Gasteiger partial charge in [-0.25, -0.2) is 0 Å². The molecule has 2 N–H and O–H groups in total. The zero-order valence-electron chi connectivity index (χ0n) is 12.0. The molecule has 17 heavy (non-hydrogen) atoms. The van der Waals surface area contributed by atoms with Crippen LogP contribution in [-0.2, 0) is 8.85 Å². The first-order valence-corrected chi connectivity index (χ1v) is 8.75. The maximum absolute atomic E-state index is 5.92. The molecule has 0 aliphatic rings. The van der Waals surface area contributed by atoms with Crippen LogP contribution in [0.25, 0.3) is 0 Å². The monoisotopic (exact) mass is 262 g/mol. The van der Waals surface area contributed by atoms with Crippen molar-refractivity contribution >= 4 is 8.88 Å². The average Bonchev–Trinajstić information content (AvgIpc) is 2.36. The molecular formula is C12H30N2O2Si. The maximum atomic E-state index is 5.92. The van der Waals surface area contributed by atoms with Crippen molar-refractivity contribution < 1.29 is 8.85 Å². The molecule has 0 bridgehead atoms. The van der Waals surface area contributed by atoms with E-state index in [2.05, 4.69) is 30.7 Å². The van der Waals surface area contributed by atoms with Crippen LogP contribution in [0.2, 0.25) is 0 Å². The molecule has 0 atom stereocenters. The van der Waals surface area contributed by atoms with Gasteiger partial charge in [0.25, 0.3) is 0 Å². The summed E-state index contributed by atoms with van der Waals surface area (Å²) < 4.78 is 11.5. The molecule has 0 spiro atoms. The Labute approximate surface area is 108 Å². The molecule has 0 radical (unpaired) electrons. The fraction of sp³-hybridized carbons (Fsp3) is 1.00. The third-order valence-electron chi connectivity index (χ3n) is 2.57. The van der Waals surface area contributed by atoms with Crippen LogP contribution >= 0.6 is 0 Å². The zero-order chi connectivity index (χ0) is 13.0. The Bertz CT molecular complexity index is 161. The highest BCUT2D eigenvalue weighted by atomic mass is 28.4. The van der Waals surface area contributed by atoms with Gasteiger partial charge in [0, 0.05) is 13.7 Å². The Kier molecular flexibility index (Phi) is 11.2. The molecule has 0 heterocycles. The topological polar surface area (TPSA) is 42.5 Å². The third kappa shape index (κ3) is 7.89. The lowest BCUT2D eigenvalue weighted by Gasteiger charge is -2.29. The van der Waals surface area contributed by atoms with Gasteiger partial charge in [-0.15, -0.1) is 0 Å². The second-order valence-electron chi connectivity index (χ2n) is 4.23. The molecular weight excluding hydrogens is 232 g/mol. The Morgan fingerprint density at radius 2 is 1.41 bits per heavy atom. The van der Waals surface area contributed by atoms with E-state index in [-0.39, 0.29) is 0 Å². The lowest BCUT2D eigenvalue weighted by Crippen LogP contribution is -2.67. The Hall–Kier alpha value is 0.0569. The van der Waals surface area contributed by atoms with Gasteiger partial charge in [-0.2, -0.15) is 0 Å². The van der Waals surface area contributed by atoms with Crippen LogP contribution in [0.4, 0.5) is 0 Å². The summed E-state index contributed by atoms with van der Waals surface area (Å²) in [7, 11) is -0.629. The molecule has 0 aromatic heterocycles. The summed E-state index contributed by atoms with van der Waals surface area (Å²) in [6.07, 6.45) is 5.70. The number of rotatable bonds is 12. The lowest BCUT2D eigenvalue weighted by molar-refractivity contribution is 0.174. The van der Waals surface area contributed by atoms with Gasteiger partial charge < -0.3 is 8.85 Å². The van der Waals surface area contributed by atoms with Crippen molar-refractivity contribution in [2.75, 3.05) is 26.8 Å². The summed E-state index contributed by atoms with van der Waals surface area (Å²) in [6, 6.07) is 0. The maximum Gasteiger partial charge on any atom is 0.516 e. The summed E-state index contributed by atoms with van der Waals surface area (Å²) in [5, 5.41) is 0. The first-order chi connectivity index (χ1) is 8.24. The quantitative estimate of drug-likeness (QED) is 0.418. The lowest BCUT2D eigenvalue weighted by atomic mass is 10.3. The summed E-state index contributed by atoms with van der Waals surface area (Å²) >= 11 is 0. The van der Waals surface area contributed by atoms with Crippen molar-refractivity contribution in [1.82, 2.24) is 9.96 Å². The number of hydrogen-bond donors (Lipinski definition) is 2. The van der Waals surface area contributed by atoms with E-state index in [1.165, 1.54) is 12.8 Å². The van der Waals surface area contributed by atoms with Crippen LogP contribution in [0.1, 0.15) is 52.9 Å². The molecule has 0 rings (SSSR count). The van der Waals surface area contributed by atoms with Crippen LogP contribution < -0.4 is 9.96 Å². The number of unbranched alkanes of at least 4 members (excludes halogenated alkanes) is 2. The summed E-state index contributed by atoms with van der Waals surface area (Å²) in [6.45, 7) is 9.16. The van der Waals surface area contributed by atoms with E-state index in [4.69, 9.17) is 8.85 Å². The van der Waals surface area contributed by atoms with Gasteiger partial charge in [0.2, 0.25) is 0 Å². The molecule has 0 amide bonds. The van der Waals surface area contributed by atoms with E-state index in [1.807, 2.05) is 0 Å². The van der Waals surface area contributed by atoms with E-state index in [9.17, 15) is 0 Å². The number of nitrogens with one attached hydrogen (secondary N) is 2. The molecule has 5 heteroatoms. The van der Waals surface area contributed by atoms with E-state index in [1.54, 1.807) is 7.11 Å². The molecule has 0 saturated heterocycles. The van der Waals surface area contributed by atoms with Gasteiger partial charge in [0.15, 0.2) is 0 Å². The van der Waals surface area contributed by atoms with Crippen LogP contribution in [0.5, 0.6) is 0 Å². The average molecular weight is 262 g/mol. The Morgan fingerprint density at radius 3 is 1.76 bits per heavy atom. The minimum atomic E-state index is -2.36. The van der Waals surface area contributed by atoms with Crippen LogP contribution in [0.15, 0.2) is 0 Å². The van der Waals surface area contributed by atoms with Crippen molar-refractivity contribution in [2.24, 2.45) is 0 Å². The minimum absolute atomic E-state index is 0.748. The standard InChI is InChI=1S/C12H30N2O2Si/c1-5-8-10-13-17(15-4,16-12-7-3)14-11-9-6-2/h13-14H,5-12H2,1-4H3. The Morgan fingerprint density at radius 1 is 0.882 bits per heavy atom. The van der Waals surface area contributed by atoms with E-state index < -0.39 is 8.88 Å². The van der Waals surface area contributed by atoms with Crippen molar-refractivity contribution in [3.05, 3.63) is 0 Å². The largest absolute Gasteiger partial charge is 0.516 e. The molecule has 0 aromatic carbocycles. The molecule has 0 saturated carbocycles. The Balaban J connectivity index is 4.17. The second kappa shape index (κ2) is 11.2. The molecule has 4 nitrogen and oxygen atoms in total. The van der Waals surface area contributed by atoms with Crippen LogP contribution in [0.3, 0.4) is 0 Å². The van der Waals surface area contributed by atoms with Crippen molar-refractivity contribution in [3.8, 4) is 0 Å². The molecule has 0 aromatic rings. The second-order valence-corrected chi connectivity index (χ2v) is 6.87. The minimum Gasteiger partial charge on any atom is -0.374 e. The normalized spacial score (nSPS) is 12.0. The molecule has 0 aliphatic heterocycles. The summed E-state index contributed by atoms with van der Waals surface area (Å²) in [4.78, 5) is 6.92. The van der Waals surface area contributed by atoms with E-state index >= 15 is 0 Å². The van der Waals surface area contributed by atoms with Crippen molar-refractivity contribution in [3.63, 3.8) is 0 Å². The summed E-state index contributed by atoms with van der Waals surface area (Å²) in [5.74, 6) is 0. The predicted molar refractivity (Wildman–Crippen MR) is 74.8 cm³/mol. The highest BCUT2D eigenvalue weighted by Crippen LogP contribution is 2.01. The van der Waals surface area contributed by atoms with E-state index in [0.717, 1.165) is 39.0 Å². The van der Waals surface area contributed by atoms with Gasteiger partial charge >= 0.3 is 8.88 Å². The van der Waals surface area contributed by atoms with Gasteiger partial charge in [-0.3, -0.25) is 9.96 Å². The molecule has 0 unspecified atom stereocenters. The highest BCUT2D eigenvalue weighted by molar-refractivity contribution is 6.62. The third-order valence-corrected chi connectivity index (χ3v) is 5.19. The van der Waals surface area contributed by atoms with Crippen LogP contribution in [0, 0.1) is 0 Å². The van der Waals surface area contributed by atoms with Crippen molar-refractivity contribution in [2.45, 2.75) is 52.9 Å². The van der Waals surface area contributed by atoms with Gasteiger partial charge in [0.05, 0.1) is 0 Å². The van der Waals surface area contributed by atoms with Crippen molar-refractivity contribution in [1.29, 1.82) is 0 Å². The fourth-order valence-corrected chi connectivity index (χ4v) is 3.71. The fourth-order valence-electron chi connectivity index (χ4n) is 1.47. The predicted octanol–water partition coefficient (Wildman–Crippen LogP) is 2.27. The van der Waals surface area contributed by atoms with E-state index in [0.29, 0.717) is 0 Å². The highest BCUT2D eigenvalue weighted by Gasteiger charge is 2.37. The summed E-state index contributed by atoms with van der Waals surface area (Å²) in [5.41, 5.74) is 0. The van der Waals surface area contributed by atoms with Gasteiger partial charge in [-0.05, 0) is 32.4 Å². The molecule has 0 aliphatic carbocycles.